The Bertz CT molecular complexity index is 424. The maximum Gasteiger partial charge on any atom is 0.411 e. The number of ether oxygens (including phenoxy) is 1. The predicted octanol–water partition coefficient (Wildman–Crippen LogP) is 2.07. The molecule has 0 unspecified atom stereocenters. The normalized spacial score (nSPS) is 9.88. The topological polar surface area (TPSA) is 67.4 Å². The van der Waals surface area contributed by atoms with Crippen molar-refractivity contribution < 1.29 is 23.1 Å². The highest BCUT2D eigenvalue weighted by molar-refractivity contribution is 5.94. The van der Waals surface area contributed by atoms with Gasteiger partial charge in [0.2, 0.25) is 0 Å². The molecular weight excluding hydrogens is 234 g/mol. The third-order valence-corrected chi connectivity index (χ3v) is 1.76. The highest BCUT2D eigenvalue weighted by atomic mass is 19.3. The largest absolute Gasteiger partial charge is 0.453 e. The Labute approximate surface area is 95.8 Å². The fourth-order valence-electron chi connectivity index (χ4n) is 1.04. The Balaban J connectivity index is 2.72. The molecule has 1 rings (SSSR count). The average molecular weight is 244 g/mol. The molecule has 0 aromatic heterocycles. The van der Waals surface area contributed by atoms with E-state index in [1.54, 1.807) is 0 Å². The van der Waals surface area contributed by atoms with Gasteiger partial charge in [0.1, 0.15) is 0 Å². The van der Waals surface area contributed by atoms with E-state index in [4.69, 9.17) is 0 Å². The molecular formula is C10H10F2N2O3. The summed E-state index contributed by atoms with van der Waals surface area (Å²) in [7, 11) is 1.19. The number of hydrogen-bond acceptors (Lipinski definition) is 3. The number of alkyl halides is 2. The molecule has 7 heteroatoms. The molecule has 1 aromatic rings. The predicted molar refractivity (Wildman–Crippen MR) is 57.1 cm³/mol. The van der Waals surface area contributed by atoms with Crippen LogP contribution in [0.25, 0.3) is 0 Å². The van der Waals surface area contributed by atoms with Crippen LogP contribution in [-0.4, -0.2) is 25.5 Å². The molecule has 17 heavy (non-hydrogen) atoms. The Morgan fingerprint density at radius 1 is 1.24 bits per heavy atom. The van der Waals surface area contributed by atoms with Crippen LogP contribution in [0.15, 0.2) is 24.3 Å². The standard InChI is InChI=1S/C10H10F2N2O3/c1-17-10(16)14-7-4-2-3-6(5-7)13-9(15)8(11)12/h2-5,8H,1H3,(H,13,15)(H,14,16). The number of anilines is 2. The van der Waals surface area contributed by atoms with Gasteiger partial charge >= 0.3 is 12.5 Å². The fraction of sp³-hybridized carbons (Fsp3) is 0.200. The number of amides is 2. The zero-order valence-electron chi connectivity index (χ0n) is 8.87. The Hall–Kier alpha value is -2.18. The molecule has 0 aliphatic rings. The third kappa shape index (κ3) is 4.06. The molecule has 5 nitrogen and oxygen atoms in total. The van der Waals surface area contributed by atoms with E-state index >= 15 is 0 Å². The van der Waals surface area contributed by atoms with Crippen LogP contribution in [-0.2, 0) is 9.53 Å². The molecule has 0 bridgehead atoms. The summed E-state index contributed by atoms with van der Waals surface area (Å²) in [6.07, 6.45) is -3.78. The second-order valence-corrected chi connectivity index (χ2v) is 2.99. The lowest BCUT2D eigenvalue weighted by molar-refractivity contribution is -0.126. The van der Waals surface area contributed by atoms with Gasteiger partial charge in [0.05, 0.1) is 7.11 Å². The summed E-state index contributed by atoms with van der Waals surface area (Å²) in [5.41, 5.74) is 0.480. The van der Waals surface area contributed by atoms with Crippen molar-refractivity contribution in [2.75, 3.05) is 17.7 Å². The van der Waals surface area contributed by atoms with Crippen LogP contribution in [0.5, 0.6) is 0 Å². The number of methoxy groups -OCH3 is 1. The summed E-state index contributed by atoms with van der Waals surface area (Å²) in [6, 6.07) is 5.77. The van der Waals surface area contributed by atoms with Crippen LogP contribution < -0.4 is 10.6 Å². The summed E-state index contributed by atoms with van der Waals surface area (Å²) >= 11 is 0. The van der Waals surface area contributed by atoms with Crippen LogP contribution in [0.1, 0.15) is 0 Å². The quantitative estimate of drug-likeness (QED) is 0.855. The highest BCUT2D eigenvalue weighted by Gasteiger charge is 2.15. The molecule has 1 aromatic carbocycles. The van der Waals surface area contributed by atoms with Gasteiger partial charge in [-0.05, 0) is 18.2 Å². The van der Waals surface area contributed by atoms with Crippen molar-refractivity contribution in [3.8, 4) is 0 Å². The molecule has 0 aliphatic heterocycles. The van der Waals surface area contributed by atoms with Crippen LogP contribution in [0.4, 0.5) is 25.0 Å². The number of halogens is 2. The Morgan fingerprint density at radius 2 is 1.82 bits per heavy atom. The van der Waals surface area contributed by atoms with Gasteiger partial charge in [0.15, 0.2) is 0 Å². The van der Waals surface area contributed by atoms with Crippen LogP contribution in [0, 0.1) is 0 Å². The Morgan fingerprint density at radius 3 is 2.35 bits per heavy atom. The lowest BCUT2D eigenvalue weighted by Crippen LogP contribution is -2.20. The van der Waals surface area contributed by atoms with E-state index in [-0.39, 0.29) is 5.69 Å². The van der Waals surface area contributed by atoms with E-state index in [0.29, 0.717) is 5.69 Å². The number of hydrogen-bond donors (Lipinski definition) is 2. The summed E-state index contributed by atoms with van der Waals surface area (Å²) in [5, 5.41) is 4.33. The smallest absolute Gasteiger partial charge is 0.411 e. The maximum absolute atomic E-state index is 12.0. The van der Waals surface area contributed by atoms with Crippen molar-refractivity contribution >= 4 is 23.4 Å². The second kappa shape index (κ2) is 5.78. The molecule has 0 saturated carbocycles. The van der Waals surface area contributed by atoms with Gasteiger partial charge in [-0.1, -0.05) is 6.07 Å². The molecule has 0 spiro atoms. The van der Waals surface area contributed by atoms with E-state index in [1.807, 2.05) is 5.32 Å². The first-order valence-electron chi connectivity index (χ1n) is 4.57. The minimum absolute atomic E-state index is 0.157. The van der Waals surface area contributed by atoms with E-state index < -0.39 is 18.4 Å². The summed E-state index contributed by atoms with van der Waals surface area (Å²) in [6.45, 7) is 0. The summed E-state index contributed by atoms with van der Waals surface area (Å²) in [5.74, 6) is -1.40. The summed E-state index contributed by atoms with van der Waals surface area (Å²) < 4.78 is 28.3. The van der Waals surface area contributed by atoms with Crippen molar-refractivity contribution in [2.24, 2.45) is 0 Å². The van der Waals surface area contributed by atoms with Crippen molar-refractivity contribution in [1.29, 1.82) is 0 Å². The first-order valence-corrected chi connectivity index (χ1v) is 4.57. The molecule has 92 valence electrons. The van der Waals surface area contributed by atoms with Gasteiger partial charge < -0.3 is 10.1 Å². The van der Waals surface area contributed by atoms with Gasteiger partial charge in [-0.3, -0.25) is 10.1 Å². The van der Waals surface area contributed by atoms with Crippen LogP contribution in [0.3, 0.4) is 0 Å². The molecule has 2 N–H and O–H groups in total. The van der Waals surface area contributed by atoms with E-state index in [1.165, 1.54) is 31.4 Å². The second-order valence-electron chi connectivity index (χ2n) is 2.99. The van der Waals surface area contributed by atoms with Crippen molar-refractivity contribution in [3.05, 3.63) is 24.3 Å². The molecule has 0 atom stereocenters. The van der Waals surface area contributed by atoms with Gasteiger partial charge in [-0.15, -0.1) is 0 Å². The zero-order valence-corrected chi connectivity index (χ0v) is 8.87. The van der Waals surface area contributed by atoms with Crippen LogP contribution >= 0.6 is 0 Å². The lowest BCUT2D eigenvalue weighted by atomic mass is 10.3. The lowest BCUT2D eigenvalue weighted by Gasteiger charge is -2.07. The zero-order chi connectivity index (χ0) is 12.8. The fourth-order valence-corrected chi connectivity index (χ4v) is 1.04. The number of benzene rings is 1. The monoisotopic (exact) mass is 244 g/mol. The van der Waals surface area contributed by atoms with Crippen molar-refractivity contribution in [3.63, 3.8) is 0 Å². The van der Waals surface area contributed by atoms with Crippen LogP contribution in [0.2, 0.25) is 0 Å². The average Bonchev–Trinajstić information content (AvgIpc) is 2.29. The minimum atomic E-state index is -3.09. The summed E-state index contributed by atoms with van der Waals surface area (Å²) in [4.78, 5) is 21.6. The van der Waals surface area contributed by atoms with E-state index in [2.05, 4.69) is 10.1 Å². The third-order valence-electron chi connectivity index (χ3n) is 1.76. The van der Waals surface area contributed by atoms with E-state index in [0.717, 1.165) is 0 Å². The minimum Gasteiger partial charge on any atom is -0.453 e. The molecule has 0 heterocycles. The molecule has 0 aliphatic carbocycles. The SMILES string of the molecule is COC(=O)Nc1cccc(NC(=O)C(F)F)c1. The van der Waals surface area contributed by atoms with Crippen molar-refractivity contribution in [2.45, 2.75) is 6.43 Å². The molecule has 0 saturated heterocycles. The van der Waals surface area contributed by atoms with Crippen molar-refractivity contribution in [1.82, 2.24) is 0 Å². The molecule has 0 radical (unpaired) electrons. The highest BCUT2D eigenvalue weighted by Crippen LogP contribution is 2.15. The number of carbonyl (C=O) groups excluding carboxylic acids is 2. The number of nitrogens with one attached hydrogen (secondary N) is 2. The molecule has 2 amide bonds. The molecule has 0 fully saturated rings. The Kier molecular flexibility index (Phi) is 4.38. The first-order chi connectivity index (χ1) is 8.02. The van der Waals surface area contributed by atoms with Gasteiger partial charge in [-0.2, -0.15) is 8.78 Å². The van der Waals surface area contributed by atoms with Gasteiger partial charge in [0, 0.05) is 11.4 Å². The van der Waals surface area contributed by atoms with Gasteiger partial charge in [-0.25, -0.2) is 4.79 Å². The van der Waals surface area contributed by atoms with Gasteiger partial charge in [0.25, 0.3) is 5.91 Å². The maximum atomic E-state index is 12.0. The first kappa shape index (κ1) is 12.9. The number of carbonyl (C=O) groups is 2. The number of rotatable bonds is 3. The van der Waals surface area contributed by atoms with E-state index in [9.17, 15) is 18.4 Å².